The van der Waals surface area contributed by atoms with Crippen molar-refractivity contribution in [2.45, 2.75) is 12.7 Å². The fourth-order valence-corrected chi connectivity index (χ4v) is 3.22. The third-order valence-electron chi connectivity index (χ3n) is 2.98. The van der Waals surface area contributed by atoms with Crippen LogP contribution in [0.2, 0.25) is 5.02 Å². The Labute approximate surface area is 153 Å². The third kappa shape index (κ3) is 6.37. The van der Waals surface area contributed by atoms with Crippen molar-refractivity contribution >= 4 is 50.9 Å². The Morgan fingerprint density at radius 2 is 2.04 bits per heavy atom. The van der Waals surface area contributed by atoms with Crippen molar-refractivity contribution in [3.05, 3.63) is 69.2 Å². The van der Waals surface area contributed by atoms with Crippen LogP contribution in [0.3, 0.4) is 0 Å². The molecule has 0 unspecified atom stereocenters. The summed E-state index contributed by atoms with van der Waals surface area (Å²) >= 11 is 10.9. The first kappa shape index (κ1) is 18.0. The number of nitrogens with one attached hydrogen (secondary N) is 1. The zero-order chi connectivity index (χ0) is 16.7. The molecule has 0 aliphatic carbocycles. The summed E-state index contributed by atoms with van der Waals surface area (Å²) in [6, 6.07) is 15.4. The number of carbonyl (C=O) groups excluding carboxylic acids is 1. The Morgan fingerprint density at radius 3 is 2.78 bits per heavy atom. The molecule has 2 rings (SSSR count). The molecular formula is C17H16BrClN2OS. The zero-order valence-electron chi connectivity index (χ0n) is 12.6. The Hall–Kier alpha value is -1.30. The first-order valence-corrected chi connectivity index (χ1v) is 9.28. The van der Waals surface area contributed by atoms with Crippen molar-refractivity contribution in [1.82, 2.24) is 5.43 Å². The van der Waals surface area contributed by atoms with Gasteiger partial charge in [-0.15, -0.1) is 11.8 Å². The van der Waals surface area contributed by atoms with Crippen LogP contribution in [0, 0.1) is 0 Å². The molecule has 23 heavy (non-hydrogen) atoms. The fraction of sp³-hybridized carbons (Fsp3) is 0.176. The van der Waals surface area contributed by atoms with Crippen LogP contribution in [-0.4, -0.2) is 17.4 Å². The maximum atomic E-state index is 11.8. The quantitative estimate of drug-likeness (QED) is 0.544. The molecule has 0 atom stereocenters. The van der Waals surface area contributed by atoms with Gasteiger partial charge in [0.1, 0.15) is 0 Å². The average Bonchev–Trinajstić information content (AvgIpc) is 2.52. The summed E-state index contributed by atoms with van der Waals surface area (Å²) in [5.74, 6) is 0.968. The van der Waals surface area contributed by atoms with E-state index in [9.17, 15) is 4.79 Å². The topological polar surface area (TPSA) is 41.5 Å². The number of hydrogen-bond acceptors (Lipinski definition) is 3. The maximum absolute atomic E-state index is 11.8. The number of nitrogens with zero attached hydrogens (tertiary/aromatic N) is 1. The lowest BCUT2D eigenvalue weighted by Crippen LogP contribution is -2.21. The minimum absolute atomic E-state index is 0.119. The summed E-state index contributed by atoms with van der Waals surface area (Å²) in [5.41, 5.74) is 5.41. The van der Waals surface area contributed by atoms with E-state index >= 15 is 0 Å². The highest BCUT2D eigenvalue weighted by Gasteiger charge is 2.03. The van der Waals surface area contributed by atoms with E-state index in [4.69, 9.17) is 11.6 Å². The summed E-state index contributed by atoms with van der Waals surface area (Å²) in [6.45, 7) is 1.86. The summed E-state index contributed by atoms with van der Waals surface area (Å²) in [7, 11) is 0. The first-order chi connectivity index (χ1) is 11.0. The minimum atomic E-state index is -0.119. The van der Waals surface area contributed by atoms with E-state index in [1.165, 1.54) is 11.8 Å². The minimum Gasteiger partial charge on any atom is -0.272 e. The van der Waals surface area contributed by atoms with E-state index < -0.39 is 0 Å². The molecule has 1 amide bonds. The van der Waals surface area contributed by atoms with E-state index in [2.05, 4.69) is 26.5 Å². The number of rotatable bonds is 6. The predicted molar refractivity (Wildman–Crippen MR) is 102 cm³/mol. The van der Waals surface area contributed by atoms with E-state index in [1.807, 2.05) is 55.5 Å². The molecule has 1 N–H and O–H groups in total. The molecule has 0 heterocycles. The van der Waals surface area contributed by atoms with Gasteiger partial charge in [-0.3, -0.25) is 4.79 Å². The van der Waals surface area contributed by atoms with Crippen molar-refractivity contribution in [1.29, 1.82) is 0 Å². The Morgan fingerprint density at radius 1 is 1.26 bits per heavy atom. The number of amides is 1. The Bertz CT molecular complexity index is 721. The van der Waals surface area contributed by atoms with Crippen LogP contribution in [0.25, 0.3) is 0 Å². The maximum Gasteiger partial charge on any atom is 0.250 e. The van der Waals surface area contributed by atoms with Gasteiger partial charge in [-0.25, -0.2) is 5.43 Å². The SMILES string of the molecule is C/C(=N/NC(=O)CSCc1cccc(Cl)c1)c1cccc(Br)c1. The van der Waals surface area contributed by atoms with Gasteiger partial charge in [-0.1, -0.05) is 51.8 Å². The molecule has 120 valence electrons. The Balaban J connectivity index is 1.79. The molecular weight excluding hydrogens is 396 g/mol. The van der Waals surface area contributed by atoms with Crippen LogP contribution in [-0.2, 0) is 10.5 Å². The molecule has 0 bridgehead atoms. The van der Waals surface area contributed by atoms with Crippen molar-refractivity contribution in [3.8, 4) is 0 Å². The number of thioether (sulfide) groups is 1. The lowest BCUT2D eigenvalue weighted by Gasteiger charge is -2.04. The van der Waals surface area contributed by atoms with Gasteiger partial charge in [0.2, 0.25) is 5.91 Å². The fourth-order valence-electron chi connectivity index (χ4n) is 1.84. The van der Waals surface area contributed by atoms with Gasteiger partial charge < -0.3 is 0 Å². The molecule has 0 spiro atoms. The monoisotopic (exact) mass is 410 g/mol. The smallest absolute Gasteiger partial charge is 0.250 e. The second-order valence-corrected chi connectivity index (χ2v) is 7.20. The normalized spacial score (nSPS) is 11.3. The zero-order valence-corrected chi connectivity index (χ0v) is 15.7. The summed E-state index contributed by atoms with van der Waals surface area (Å²) in [5, 5.41) is 4.85. The first-order valence-electron chi connectivity index (χ1n) is 6.96. The second kappa shape index (κ2) is 9.11. The predicted octanol–water partition coefficient (Wildman–Crippen LogP) is 4.88. The van der Waals surface area contributed by atoms with Crippen molar-refractivity contribution in [3.63, 3.8) is 0 Å². The summed E-state index contributed by atoms with van der Waals surface area (Å²) in [4.78, 5) is 11.8. The van der Waals surface area contributed by atoms with Gasteiger partial charge >= 0.3 is 0 Å². The van der Waals surface area contributed by atoms with Gasteiger partial charge in [0, 0.05) is 15.2 Å². The molecule has 0 saturated carbocycles. The molecule has 0 aliphatic heterocycles. The van der Waals surface area contributed by atoms with Crippen LogP contribution >= 0.6 is 39.3 Å². The highest BCUT2D eigenvalue weighted by Crippen LogP contribution is 2.16. The Kier molecular flexibility index (Phi) is 7.15. The highest BCUT2D eigenvalue weighted by atomic mass is 79.9. The highest BCUT2D eigenvalue weighted by molar-refractivity contribution is 9.10. The number of hydrazone groups is 1. The molecule has 3 nitrogen and oxygen atoms in total. The van der Waals surface area contributed by atoms with Crippen LogP contribution in [0.5, 0.6) is 0 Å². The number of halogens is 2. The van der Waals surface area contributed by atoms with E-state index in [0.29, 0.717) is 10.8 Å². The van der Waals surface area contributed by atoms with Crippen LogP contribution < -0.4 is 5.43 Å². The van der Waals surface area contributed by atoms with Gasteiger partial charge in [-0.05, 0) is 42.3 Å². The largest absolute Gasteiger partial charge is 0.272 e. The summed E-state index contributed by atoms with van der Waals surface area (Å²) < 4.78 is 0.980. The molecule has 0 aliphatic rings. The number of carbonyl (C=O) groups is 1. The second-order valence-electron chi connectivity index (χ2n) is 4.87. The number of hydrogen-bond donors (Lipinski definition) is 1. The van der Waals surface area contributed by atoms with Gasteiger partial charge in [0.15, 0.2) is 0 Å². The van der Waals surface area contributed by atoms with Crippen LogP contribution in [0.15, 0.2) is 58.1 Å². The molecule has 6 heteroatoms. The van der Waals surface area contributed by atoms with Crippen molar-refractivity contribution < 1.29 is 4.79 Å². The van der Waals surface area contributed by atoms with Crippen LogP contribution in [0.4, 0.5) is 0 Å². The van der Waals surface area contributed by atoms with Gasteiger partial charge in [0.25, 0.3) is 0 Å². The molecule has 0 fully saturated rings. The average molecular weight is 412 g/mol. The van der Waals surface area contributed by atoms with Crippen molar-refractivity contribution in [2.75, 3.05) is 5.75 Å². The number of benzene rings is 2. The lowest BCUT2D eigenvalue weighted by atomic mass is 10.1. The van der Waals surface area contributed by atoms with Gasteiger partial charge in [0.05, 0.1) is 11.5 Å². The molecule has 2 aromatic rings. The van der Waals surface area contributed by atoms with E-state index in [-0.39, 0.29) is 5.91 Å². The third-order valence-corrected chi connectivity index (χ3v) is 4.71. The van der Waals surface area contributed by atoms with E-state index in [1.54, 1.807) is 0 Å². The lowest BCUT2D eigenvalue weighted by molar-refractivity contribution is -0.118. The van der Waals surface area contributed by atoms with Crippen LogP contribution in [0.1, 0.15) is 18.1 Å². The van der Waals surface area contributed by atoms with Crippen molar-refractivity contribution in [2.24, 2.45) is 5.10 Å². The molecule has 0 aromatic heterocycles. The van der Waals surface area contributed by atoms with E-state index in [0.717, 1.165) is 27.1 Å². The van der Waals surface area contributed by atoms with Gasteiger partial charge in [-0.2, -0.15) is 5.10 Å². The molecule has 2 aromatic carbocycles. The standard InChI is InChI=1S/C17H16BrClN2OS/c1-12(14-5-3-6-15(18)9-14)20-21-17(22)11-23-10-13-4-2-7-16(19)8-13/h2-9H,10-11H2,1H3,(H,21,22)/b20-12-. The summed E-state index contributed by atoms with van der Waals surface area (Å²) in [6.07, 6.45) is 0. The molecule has 0 radical (unpaired) electrons. The molecule has 0 saturated heterocycles.